The van der Waals surface area contributed by atoms with Crippen LogP contribution in [0.15, 0.2) is 11.1 Å². The van der Waals surface area contributed by atoms with Crippen molar-refractivity contribution in [2.24, 2.45) is 13.0 Å². The van der Waals surface area contributed by atoms with Crippen LogP contribution in [-0.4, -0.2) is 24.7 Å². The van der Waals surface area contributed by atoms with Crippen LogP contribution in [-0.2, 0) is 17.1 Å². The smallest absolute Gasteiger partial charge is 0.245 e. The number of hydrogen-bond acceptors (Lipinski definition) is 4. The number of nitrogens with zero attached hydrogens (tertiary/aromatic N) is 2. The molecule has 0 aliphatic carbocycles. The highest BCUT2D eigenvalue weighted by atomic mass is 32.2. The Kier molecular flexibility index (Phi) is 3.93. The predicted molar refractivity (Wildman–Crippen MR) is 62.3 cm³/mol. The largest absolute Gasteiger partial charge is 0.381 e. The summed E-state index contributed by atoms with van der Waals surface area (Å²) in [6.45, 7) is 4.40. The summed E-state index contributed by atoms with van der Waals surface area (Å²) in [6.07, 6.45) is 2.32. The van der Waals surface area contributed by atoms with Gasteiger partial charge in [-0.25, -0.2) is 13.1 Å². The normalized spacial score (nSPS) is 13.9. The topological polar surface area (TPSA) is 90.0 Å². The van der Waals surface area contributed by atoms with Crippen molar-refractivity contribution in [3.8, 4) is 0 Å². The molecular weight excluding hydrogens is 228 g/mol. The fourth-order valence-corrected chi connectivity index (χ4v) is 2.43. The predicted octanol–water partition coefficient (Wildman–Crippen LogP) is 0.327. The monoisotopic (exact) mass is 246 g/mol. The summed E-state index contributed by atoms with van der Waals surface area (Å²) in [6, 6.07) is 0. The maximum atomic E-state index is 11.8. The molecule has 1 aromatic rings. The third-order valence-corrected chi connectivity index (χ3v) is 3.87. The van der Waals surface area contributed by atoms with Crippen molar-refractivity contribution in [2.45, 2.75) is 25.2 Å². The molecule has 0 saturated carbocycles. The molecule has 1 atom stereocenters. The van der Waals surface area contributed by atoms with Crippen molar-refractivity contribution in [3.63, 3.8) is 0 Å². The molecule has 0 radical (unpaired) electrons. The van der Waals surface area contributed by atoms with Gasteiger partial charge in [0.05, 0.1) is 0 Å². The van der Waals surface area contributed by atoms with Crippen molar-refractivity contribution in [1.82, 2.24) is 14.5 Å². The number of nitrogen functional groups attached to an aromatic ring is 1. The fourth-order valence-electron chi connectivity index (χ4n) is 1.17. The van der Waals surface area contributed by atoms with Crippen LogP contribution >= 0.6 is 0 Å². The second-order valence-corrected chi connectivity index (χ2v) is 5.65. The molecule has 0 fully saturated rings. The summed E-state index contributed by atoms with van der Waals surface area (Å²) >= 11 is 0. The summed E-state index contributed by atoms with van der Waals surface area (Å²) in [5.74, 6) is 0.326. The van der Waals surface area contributed by atoms with Crippen LogP contribution < -0.4 is 10.5 Å². The molecule has 16 heavy (non-hydrogen) atoms. The zero-order valence-corrected chi connectivity index (χ0v) is 10.6. The SMILES string of the molecule is CCC(C)CNS(=O)(=O)c1cn(C)nc1N. The van der Waals surface area contributed by atoms with E-state index in [1.54, 1.807) is 7.05 Å². The van der Waals surface area contributed by atoms with Gasteiger partial charge in [-0.1, -0.05) is 20.3 Å². The molecular formula is C9H18N4O2S. The maximum Gasteiger partial charge on any atom is 0.245 e. The van der Waals surface area contributed by atoms with Crippen LogP contribution in [0, 0.1) is 5.92 Å². The first kappa shape index (κ1) is 13.0. The van der Waals surface area contributed by atoms with Gasteiger partial charge in [-0.2, -0.15) is 5.10 Å². The molecule has 7 heteroatoms. The molecule has 1 rings (SSSR count). The van der Waals surface area contributed by atoms with E-state index in [9.17, 15) is 8.42 Å². The summed E-state index contributed by atoms with van der Waals surface area (Å²) in [4.78, 5) is 0.0401. The lowest BCUT2D eigenvalue weighted by Crippen LogP contribution is -2.28. The quantitative estimate of drug-likeness (QED) is 0.783. The van der Waals surface area contributed by atoms with Gasteiger partial charge in [0.15, 0.2) is 5.82 Å². The Hall–Kier alpha value is -1.08. The number of sulfonamides is 1. The van der Waals surface area contributed by atoms with E-state index >= 15 is 0 Å². The zero-order chi connectivity index (χ0) is 12.3. The van der Waals surface area contributed by atoms with Crippen molar-refractivity contribution >= 4 is 15.8 Å². The first-order valence-electron chi connectivity index (χ1n) is 5.15. The van der Waals surface area contributed by atoms with E-state index in [1.165, 1.54) is 10.9 Å². The number of nitrogens with one attached hydrogen (secondary N) is 1. The zero-order valence-electron chi connectivity index (χ0n) is 9.77. The van der Waals surface area contributed by atoms with Crippen molar-refractivity contribution in [1.29, 1.82) is 0 Å². The van der Waals surface area contributed by atoms with Gasteiger partial charge < -0.3 is 5.73 Å². The van der Waals surface area contributed by atoms with E-state index in [0.717, 1.165) is 6.42 Å². The molecule has 1 aromatic heterocycles. The lowest BCUT2D eigenvalue weighted by Gasteiger charge is -2.09. The van der Waals surface area contributed by atoms with Crippen LogP contribution in [0.1, 0.15) is 20.3 Å². The summed E-state index contributed by atoms with van der Waals surface area (Å²) in [5, 5.41) is 3.80. The Morgan fingerprint density at radius 3 is 2.69 bits per heavy atom. The number of anilines is 1. The number of aromatic nitrogens is 2. The fraction of sp³-hybridized carbons (Fsp3) is 0.667. The van der Waals surface area contributed by atoms with Gasteiger partial charge in [-0.05, 0) is 5.92 Å². The van der Waals surface area contributed by atoms with E-state index in [1.807, 2.05) is 13.8 Å². The third-order valence-electron chi connectivity index (χ3n) is 2.43. The molecule has 1 heterocycles. The molecule has 1 unspecified atom stereocenters. The molecule has 92 valence electrons. The van der Waals surface area contributed by atoms with Crippen molar-refractivity contribution in [2.75, 3.05) is 12.3 Å². The molecule has 0 aliphatic rings. The summed E-state index contributed by atoms with van der Waals surface area (Å²) in [5.41, 5.74) is 5.52. The van der Waals surface area contributed by atoms with Crippen LogP contribution in [0.2, 0.25) is 0 Å². The minimum Gasteiger partial charge on any atom is -0.381 e. The van der Waals surface area contributed by atoms with Crippen molar-refractivity contribution < 1.29 is 8.42 Å². The van der Waals surface area contributed by atoms with Gasteiger partial charge in [0.25, 0.3) is 0 Å². The molecule has 3 N–H and O–H groups in total. The van der Waals surface area contributed by atoms with Gasteiger partial charge in [0.2, 0.25) is 10.0 Å². The second-order valence-electron chi connectivity index (χ2n) is 3.92. The number of nitrogens with two attached hydrogens (primary N) is 1. The first-order valence-corrected chi connectivity index (χ1v) is 6.64. The van der Waals surface area contributed by atoms with Gasteiger partial charge in [0, 0.05) is 19.8 Å². The Balaban J connectivity index is 2.82. The minimum absolute atomic E-state index is 0.0270. The number of aryl methyl sites for hydroxylation is 1. The van der Waals surface area contributed by atoms with Crippen molar-refractivity contribution in [3.05, 3.63) is 6.20 Å². The maximum absolute atomic E-state index is 11.8. The van der Waals surface area contributed by atoms with Crippen LogP contribution in [0.4, 0.5) is 5.82 Å². The first-order chi connectivity index (χ1) is 7.36. The molecule has 0 spiro atoms. The molecule has 0 saturated heterocycles. The van der Waals surface area contributed by atoms with E-state index < -0.39 is 10.0 Å². The Labute approximate surface area is 95.9 Å². The van der Waals surface area contributed by atoms with Crippen LogP contribution in [0.3, 0.4) is 0 Å². The van der Waals surface area contributed by atoms with Crippen LogP contribution in [0.25, 0.3) is 0 Å². The highest BCUT2D eigenvalue weighted by molar-refractivity contribution is 7.89. The summed E-state index contributed by atoms with van der Waals surface area (Å²) < 4.78 is 27.6. The molecule has 0 amide bonds. The van der Waals surface area contributed by atoms with Gasteiger partial charge >= 0.3 is 0 Å². The number of rotatable bonds is 5. The number of hydrogen-bond donors (Lipinski definition) is 2. The second kappa shape index (κ2) is 4.84. The molecule has 0 bridgehead atoms. The molecule has 0 aliphatic heterocycles. The standard InChI is InChI=1S/C9H18N4O2S/c1-4-7(2)5-11-16(14,15)8-6-13(3)12-9(8)10/h6-7,11H,4-5H2,1-3H3,(H2,10,12). The molecule has 0 aromatic carbocycles. The Bertz CT molecular complexity index is 452. The van der Waals surface area contributed by atoms with Gasteiger partial charge in [-0.3, -0.25) is 4.68 Å². The average molecular weight is 246 g/mol. The van der Waals surface area contributed by atoms with Crippen LogP contribution in [0.5, 0.6) is 0 Å². The van der Waals surface area contributed by atoms with Gasteiger partial charge in [-0.15, -0.1) is 0 Å². The average Bonchev–Trinajstić information content (AvgIpc) is 2.55. The van der Waals surface area contributed by atoms with E-state index in [-0.39, 0.29) is 10.7 Å². The molecule has 6 nitrogen and oxygen atoms in total. The van der Waals surface area contributed by atoms with E-state index in [0.29, 0.717) is 12.5 Å². The van der Waals surface area contributed by atoms with E-state index in [4.69, 9.17) is 5.73 Å². The minimum atomic E-state index is -3.53. The Morgan fingerprint density at radius 1 is 1.62 bits per heavy atom. The lowest BCUT2D eigenvalue weighted by molar-refractivity contribution is 0.528. The lowest BCUT2D eigenvalue weighted by atomic mass is 10.1. The highest BCUT2D eigenvalue weighted by Gasteiger charge is 2.20. The van der Waals surface area contributed by atoms with E-state index in [2.05, 4.69) is 9.82 Å². The van der Waals surface area contributed by atoms with Gasteiger partial charge in [0.1, 0.15) is 4.90 Å². The Morgan fingerprint density at radius 2 is 2.25 bits per heavy atom. The highest BCUT2D eigenvalue weighted by Crippen LogP contribution is 2.15. The summed E-state index contributed by atoms with van der Waals surface area (Å²) in [7, 11) is -1.90. The third kappa shape index (κ3) is 2.96.